The van der Waals surface area contributed by atoms with E-state index in [0.29, 0.717) is 0 Å². The molecule has 118 valence electrons. The zero-order valence-electron chi connectivity index (χ0n) is 11.5. The lowest BCUT2D eigenvalue weighted by Crippen LogP contribution is -2.36. The zero-order valence-corrected chi connectivity index (χ0v) is 13.8. The molecule has 0 heterocycles. The van der Waals surface area contributed by atoms with Gasteiger partial charge >= 0.3 is 0 Å². The summed E-state index contributed by atoms with van der Waals surface area (Å²) in [4.78, 5) is -0.122. The average molecular weight is 356 g/mol. The van der Waals surface area contributed by atoms with Crippen molar-refractivity contribution in [3.8, 4) is 0 Å². The molecular weight excluding hydrogens is 340 g/mol. The van der Waals surface area contributed by atoms with Crippen LogP contribution in [0.25, 0.3) is 0 Å². The first-order valence-corrected chi connectivity index (χ1v) is 8.81. The van der Waals surface area contributed by atoms with Gasteiger partial charge in [0, 0.05) is 25.6 Å². The molecule has 0 atom stereocenters. The van der Waals surface area contributed by atoms with Crippen molar-refractivity contribution < 1.29 is 17.5 Å². The van der Waals surface area contributed by atoms with Crippen molar-refractivity contribution in [3.63, 3.8) is 0 Å². The largest absolute Gasteiger partial charge is 0.383 e. The van der Waals surface area contributed by atoms with E-state index in [-0.39, 0.29) is 40.6 Å². The zero-order chi connectivity index (χ0) is 15.6. The van der Waals surface area contributed by atoms with Crippen molar-refractivity contribution in [2.24, 2.45) is 0 Å². The number of alkyl halides is 1. The summed E-state index contributed by atoms with van der Waals surface area (Å²) < 4.78 is 45.4. The Hall–Kier alpha value is -0.400. The number of sulfonamides is 1. The highest BCUT2D eigenvalue weighted by atomic mass is 35.5. The summed E-state index contributed by atoms with van der Waals surface area (Å²) in [5.74, 6) is -0.837. The Labute approximate surface area is 133 Å². The van der Waals surface area contributed by atoms with Crippen LogP contribution in [0.1, 0.15) is 18.4 Å². The molecule has 0 radical (unpaired) electrons. The van der Waals surface area contributed by atoms with Crippen molar-refractivity contribution in [1.82, 2.24) is 4.31 Å². The molecule has 0 saturated heterocycles. The maximum absolute atomic E-state index is 13.8. The smallest absolute Gasteiger partial charge is 0.243 e. The third-order valence-corrected chi connectivity index (χ3v) is 5.94. The average Bonchev–Trinajstić information content (AvgIpc) is 3.26. The van der Waals surface area contributed by atoms with Gasteiger partial charge in [-0.05, 0) is 30.5 Å². The lowest BCUT2D eigenvalue weighted by atomic mass is 10.2. The van der Waals surface area contributed by atoms with E-state index in [0.717, 1.165) is 18.9 Å². The summed E-state index contributed by atoms with van der Waals surface area (Å²) in [6, 6.07) is 2.23. The predicted molar refractivity (Wildman–Crippen MR) is 79.8 cm³/mol. The third kappa shape index (κ3) is 3.68. The van der Waals surface area contributed by atoms with Gasteiger partial charge in [0.2, 0.25) is 10.0 Å². The second kappa shape index (κ2) is 6.79. The molecule has 1 aliphatic carbocycles. The summed E-state index contributed by atoms with van der Waals surface area (Å²) in [5, 5.41) is -0.140. The van der Waals surface area contributed by atoms with E-state index < -0.39 is 15.8 Å². The first kappa shape index (κ1) is 17.0. The van der Waals surface area contributed by atoms with Gasteiger partial charge in [0.05, 0.1) is 16.5 Å². The highest BCUT2D eigenvalue weighted by molar-refractivity contribution is 7.89. The van der Waals surface area contributed by atoms with Crippen LogP contribution in [0.15, 0.2) is 17.0 Å². The molecule has 1 aliphatic rings. The summed E-state index contributed by atoms with van der Waals surface area (Å²) in [6.45, 7) is 0.526. The first-order valence-electron chi connectivity index (χ1n) is 6.46. The maximum atomic E-state index is 13.8. The molecular formula is C13H16Cl2FNO3S. The number of nitrogens with zero attached hydrogens (tertiary/aromatic N) is 1. The Morgan fingerprint density at radius 3 is 2.62 bits per heavy atom. The van der Waals surface area contributed by atoms with Crippen LogP contribution in [0.2, 0.25) is 5.02 Å². The van der Waals surface area contributed by atoms with Crippen LogP contribution in [0.4, 0.5) is 4.39 Å². The van der Waals surface area contributed by atoms with E-state index >= 15 is 0 Å². The fourth-order valence-electron chi connectivity index (χ4n) is 2.04. The van der Waals surface area contributed by atoms with Crippen LogP contribution in [-0.4, -0.2) is 39.0 Å². The fraction of sp³-hybridized carbons (Fsp3) is 0.538. The van der Waals surface area contributed by atoms with Crippen molar-refractivity contribution in [2.45, 2.75) is 29.7 Å². The predicted octanol–water partition coefficient (Wildman–Crippen LogP) is 3.02. The van der Waals surface area contributed by atoms with Gasteiger partial charge in [-0.3, -0.25) is 0 Å². The van der Waals surface area contributed by atoms with E-state index in [1.807, 2.05) is 0 Å². The van der Waals surface area contributed by atoms with E-state index in [1.165, 1.54) is 17.5 Å². The van der Waals surface area contributed by atoms with Crippen molar-refractivity contribution in [1.29, 1.82) is 0 Å². The SMILES string of the molecule is COCCN(C1CC1)S(=O)(=O)c1cc(F)c(Cl)c(CCl)c1. The highest BCUT2D eigenvalue weighted by Crippen LogP contribution is 2.33. The van der Waals surface area contributed by atoms with Gasteiger partial charge < -0.3 is 4.74 Å². The van der Waals surface area contributed by atoms with Gasteiger partial charge in [-0.1, -0.05) is 11.6 Å². The lowest BCUT2D eigenvalue weighted by molar-refractivity contribution is 0.177. The molecule has 0 aliphatic heterocycles. The minimum atomic E-state index is -3.79. The number of rotatable bonds is 7. The summed E-state index contributed by atoms with van der Waals surface area (Å²) >= 11 is 11.5. The monoisotopic (exact) mass is 355 g/mol. The molecule has 21 heavy (non-hydrogen) atoms. The fourth-order valence-corrected chi connectivity index (χ4v) is 4.23. The van der Waals surface area contributed by atoms with Crippen LogP contribution in [0.3, 0.4) is 0 Å². The molecule has 0 bridgehead atoms. The summed E-state index contributed by atoms with van der Waals surface area (Å²) in [6.07, 6.45) is 1.61. The Balaban J connectivity index is 2.39. The molecule has 1 fully saturated rings. The molecule has 0 spiro atoms. The van der Waals surface area contributed by atoms with Crippen molar-refractivity contribution >= 4 is 33.2 Å². The number of hydrogen-bond donors (Lipinski definition) is 0. The standard InChI is InChI=1S/C13H16Cl2FNO3S/c1-20-5-4-17(10-2-3-10)21(18,19)11-6-9(8-14)13(15)12(16)7-11/h6-7,10H,2-5,8H2,1H3. The van der Waals surface area contributed by atoms with Gasteiger partial charge in [-0.2, -0.15) is 4.31 Å². The number of halogens is 3. The second-order valence-corrected chi connectivity index (χ2v) is 7.39. The number of ether oxygens (including phenoxy) is 1. The quantitative estimate of drug-likeness (QED) is 0.706. The Morgan fingerprint density at radius 2 is 2.10 bits per heavy atom. The molecule has 0 aromatic heterocycles. The van der Waals surface area contributed by atoms with Crippen molar-refractivity contribution in [2.75, 3.05) is 20.3 Å². The highest BCUT2D eigenvalue weighted by Gasteiger charge is 2.38. The van der Waals surface area contributed by atoms with E-state index in [2.05, 4.69) is 0 Å². The molecule has 1 aromatic carbocycles. The second-order valence-electron chi connectivity index (χ2n) is 4.85. The minimum absolute atomic E-state index is 0.0386. The molecule has 1 aromatic rings. The topological polar surface area (TPSA) is 46.6 Å². The van der Waals surface area contributed by atoms with Gasteiger partial charge in [0.15, 0.2) is 0 Å². The van der Waals surface area contributed by atoms with E-state index in [1.54, 1.807) is 0 Å². The van der Waals surface area contributed by atoms with Crippen LogP contribution < -0.4 is 0 Å². The van der Waals surface area contributed by atoms with Gasteiger partial charge in [-0.15, -0.1) is 11.6 Å². The van der Waals surface area contributed by atoms with Gasteiger partial charge in [-0.25, -0.2) is 12.8 Å². The number of benzene rings is 1. The maximum Gasteiger partial charge on any atom is 0.243 e. The van der Waals surface area contributed by atoms with Crippen LogP contribution in [-0.2, 0) is 20.6 Å². The Bertz CT molecular complexity index is 620. The van der Waals surface area contributed by atoms with E-state index in [9.17, 15) is 12.8 Å². The lowest BCUT2D eigenvalue weighted by Gasteiger charge is -2.22. The molecule has 4 nitrogen and oxygen atoms in total. The third-order valence-electron chi connectivity index (χ3n) is 3.30. The Morgan fingerprint density at radius 1 is 1.43 bits per heavy atom. The van der Waals surface area contributed by atoms with Crippen LogP contribution in [0, 0.1) is 5.82 Å². The van der Waals surface area contributed by atoms with Crippen LogP contribution in [0.5, 0.6) is 0 Å². The molecule has 1 saturated carbocycles. The normalized spacial score (nSPS) is 15.7. The minimum Gasteiger partial charge on any atom is -0.383 e. The van der Waals surface area contributed by atoms with E-state index in [4.69, 9.17) is 27.9 Å². The molecule has 0 amide bonds. The number of methoxy groups -OCH3 is 1. The van der Waals surface area contributed by atoms with Gasteiger partial charge in [0.25, 0.3) is 0 Å². The number of hydrogen-bond acceptors (Lipinski definition) is 3. The summed E-state index contributed by atoms with van der Waals surface area (Å²) in [5.41, 5.74) is 0.263. The van der Waals surface area contributed by atoms with Crippen molar-refractivity contribution in [3.05, 3.63) is 28.5 Å². The van der Waals surface area contributed by atoms with Crippen LogP contribution >= 0.6 is 23.2 Å². The summed E-state index contributed by atoms with van der Waals surface area (Å²) in [7, 11) is -2.28. The molecule has 0 N–H and O–H groups in total. The Kier molecular flexibility index (Phi) is 5.48. The molecule has 2 rings (SSSR count). The van der Waals surface area contributed by atoms with Gasteiger partial charge in [0.1, 0.15) is 5.82 Å². The molecule has 0 unspecified atom stereocenters. The first-order chi connectivity index (χ1) is 9.91. The molecule has 8 heteroatoms.